The Hall–Kier alpha value is -16.1. The molecule has 0 aliphatic carbocycles. The lowest BCUT2D eigenvalue weighted by Crippen LogP contribution is -2.02. The molecule has 0 fully saturated rings. The van der Waals surface area contributed by atoms with Crippen LogP contribution >= 0.6 is 22.7 Å². The van der Waals surface area contributed by atoms with Crippen molar-refractivity contribution in [2.75, 3.05) is 0 Å². The maximum Gasteiger partial charge on any atom is 0.166 e. The summed E-state index contributed by atoms with van der Waals surface area (Å²) >= 11 is 3.65. The molecule has 10 nitrogen and oxygen atoms in total. The third kappa shape index (κ3) is 13.0. The Morgan fingerprint density at radius 2 is 0.508 bits per heavy atom. The first-order valence-corrected chi connectivity index (χ1v) is 43.1. The molecule has 124 heavy (non-hydrogen) atoms. The van der Waals surface area contributed by atoms with Crippen molar-refractivity contribution in [3.63, 3.8) is 0 Å². The number of pyridine rings is 2. The van der Waals surface area contributed by atoms with E-state index in [2.05, 4.69) is 325 Å². The first-order chi connectivity index (χ1) is 61.5. The summed E-state index contributed by atoms with van der Waals surface area (Å²) in [7, 11) is 0. The van der Waals surface area contributed by atoms with Gasteiger partial charge in [-0.05, 0) is 124 Å². The molecule has 12 heteroatoms. The zero-order chi connectivity index (χ0) is 82.0. The van der Waals surface area contributed by atoms with E-state index in [1.807, 2.05) is 132 Å². The number of thiophene rings is 2. The standard InChI is InChI=1S/2C56H35N5S/c1-5-18-36(19-6-1)41-26-13-14-27-42(41)39-34-45(56-59-54(37-20-7-2-8-21-37)58-55(60-56)38-22-9-3-10-23-38)53(57-35-39)44-29-17-31-48-51(44)52-49(62-48)33-32-47-50(52)43-28-15-16-30-46(43)61(47)40-24-11-4-12-25-40;1-5-17-36(18-6-1)42-25-13-14-26-43(42)40-34-46(56-59-54(37-19-7-2-8-20-37)58-55(60-56)38-21-9-3-10-22-38)53(57-35-40)39-29-31-49-45(33-39)52-50(62-49)32-30-48-51(52)44-27-15-16-28-47(44)61(48)41-23-11-4-12-24-41/h2*1-35H. The maximum atomic E-state index is 5.47. The van der Waals surface area contributed by atoms with E-state index in [1.54, 1.807) is 0 Å². The fraction of sp³-hybridized carbons (Fsp3) is 0. The Labute approximate surface area is 722 Å². The highest BCUT2D eigenvalue weighted by Gasteiger charge is 2.27. The van der Waals surface area contributed by atoms with Crippen LogP contribution in [-0.2, 0) is 0 Å². The summed E-state index contributed by atoms with van der Waals surface area (Å²) in [5.74, 6) is 3.53. The largest absolute Gasteiger partial charge is 0.309 e. The molecule has 0 saturated carbocycles. The Balaban J connectivity index is 0.000000143. The summed E-state index contributed by atoms with van der Waals surface area (Å²) < 4.78 is 9.67. The molecule has 0 bridgehead atoms. The molecule has 24 rings (SSSR count). The lowest BCUT2D eigenvalue weighted by atomic mass is 9.92. The number of aromatic nitrogens is 10. The Morgan fingerprint density at radius 3 is 0.960 bits per heavy atom. The van der Waals surface area contributed by atoms with Crippen LogP contribution in [0.15, 0.2) is 425 Å². The van der Waals surface area contributed by atoms with Crippen LogP contribution in [0.2, 0.25) is 0 Å². The highest BCUT2D eigenvalue weighted by atomic mass is 32.1. The average Bonchev–Trinajstić information content (AvgIpc) is 1.55. The van der Waals surface area contributed by atoms with Gasteiger partial charge in [-0.3, -0.25) is 9.97 Å². The smallest absolute Gasteiger partial charge is 0.166 e. The fourth-order valence-corrected chi connectivity index (χ4v) is 20.1. The molecule has 0 amide bonds. The van der Waals surface area contributed by atoms with E-state index < -0.39 is 0 Å². The normalized spacial score (nSPS) is 11.5. The molecule has 24 aromatic rings. The molecule has 0 atom stereocenters. The molecule has 0 unspecified atom stereocenters. The van der Waals surface area contributed by atoms with Crippen LogP contribution in [0.4, 0.5) is 0 Å². The number of para-hydroxylation sites is 4. The van der Waals surface area contributed by atoms with Gasteiger partial charge in [0.25, 0.3) is 0 Å². The number of rotatable bonds is 14. The zero-order valence-electron chi connectivity index (χ0n) is 66.7. The van der Waals surface area contributed by atoms with Crippen molar-refractivity contribution in [3.8, 4) is 147 Å². The van der Waals surface area contributed by atoms with Gasteiger partial charge in [-0.15, -0.1) is 22.7 Å². The second-order valence-electron chi connectivity index (χ2n) is 30.8. The first kappa shape index (κ1) is 73.1. The molecular formula is C112H70N10S2. The molecular weight excluding hydrogens is 1550 g/mol. The third-order valence-electron chi connectivity index (χ3n) is 23.4. The predicted molar refractivity (Wildman–Crippen MR) is 515 cm³/mol. The van der Waals surface area contributed by atoms with Crippen molar-refractivity contribution in [2.45, 2.75) is 0 Å². The Morgan fingerprint density at radius 1 is 0.177 bits per heavy atom. The van der Waals surface area contributed by atoms with E-state index in [-0.39, 0.29) is 0 Å². The minimum Gasteiger partial charge on any atom is -0.309 e. The van der Waals surface area contributed by atoms with Crippen molar-refractivity contribution in [3.05, 3.63) is 425 Å². The minimum absolute atomic E-state index is 0.557. The maximum absolute atomic E-state index is 5.47. The SMILES string of the molecule is c1ccc(-c2nc(-c3ccccc3)nc(-c3cc(-c4ccccc4-c4ccccc4)cnc3-c3ccc4sc5ccc6c(c7ccccc7n6-c6ccccc6)c5c4c3)n2)cc1.c1ccc(-c2nc(-c3ccccc3)nc(-c3cc(-c4ccccc4-c4ccccc4)cnc3-c3cccc4sc5ccc6c(c7ccccc7n6-c6ccccc6)c5c34)n2)cc1. The monoisotopic (exact) mass is 1620 g/mol. The molecule has 0 radical (unpaired) electrons. The fourth-order valence-electron chi connectivity index (χ4n) is 17.8. The van der Waals surface area contributed by atoms with Crippen LogP contribution in [0.1, 0.15) is 0 Å². The highest BCUT2D eigenvalue weighted by molar-refractivity contribution is 7.26. The van der Waals surface area contributed by atoms with Gasteiger partial charge in [0.2, 0.25) is 0 Å². The van der Waals surface area contributed by atoms with Crippen LogP contribution in [0.5, 0.6) is 0 Å². The van der Waals surface area contributed by atoms with Crippen molar-refractivity contribution in [2.24, 2.45) is 0 Å². The first-order valence-electron chi connectivity index (χ1n) is 41.4. The van der Waals surface area contributed by atoms with Gasteiger partial charge in [0.1, 0.15) is 0 Å². The summed E-state index contributed by atoms with van der Waals surface area (Å²) in [6.07, 6.45) is 4.02. The molecule has 16 aromatic carbocycles. The molecule has 580 valence electrons. The van der Waals surface area contributed by atoms with Crippen molar-refractivity contribution >= 4 is 107 Å². The Bertz CT molecular complexity index is 8090. The van der Waals surface area contributed by atoms with E-state index in [9.17, 15) is 0 Å². The molecule has 8 aromatic heterocycles. The third-order valence-corrected chi connectivity index (χ3v) is 25.7. The van der Waals surface area contributed by atoms with E-state index in [4.69, 9.17) is 39.9 Å². The van der Waals surface area contributed by atoms with Crippen LogP contribution in [-0.4, -0.2) is 49.0 Å². The predicted octanol–water partition coefficient (Wildman–Crippen LogP) is 29.5. The second kappa shape index (κ2) is 31.2. The average molecular weight is 1620 g/mol. The lowest BCUT2D eigenvalue weighted by molar-refractivity contribution is 1.07. The number of hydrogen-bond donors (Lipinski definition) is 0. The number of nitrogens with zero attached hydrogens (tertiary/aromatic N) is 10. The van der Waals surface area contributed by atoms with Crippen LogP contribution in [0, 0.1) is 0 Å². The van der Waals surface area contributed by atoms with Gasteiger partial charge < -0.3 is 9.13 Å². The summed E-state index contributed by atoms with van der Waals surface area (Å²) in [6, 6.07) is 144. The summed E-state index contributed by atoms with van der Waals surface area (Å²) in [6.45, 7) is 0. The van der Waals surface area contributed by atoms with Crippen LogP contribution < -0.4 is 0 Å². The second-order valence-corrected chi connectivity index (χ2v) is 32.9. The molecule has 8 heterocycles. The summed E-state index contributed by atoms with van der Waals surface area (Å²) in [5.41, 5.74) is 24.6. The van der Waals surface area contributed by atoms with Gasteiger partial charge in [0.15, 0.2) is 34.9 Å². The summed E-state index contributed by atoms with van der Waals surface area (Å²) in [4.78, 5) is 42.0. The van der Waals surface area contributed by atoms with Crippen LogP contribution in [0.3, 0.4) is 0 Å². The molecule has 0 spiro atoms. The van der Waals surface area contributed by atoms with Gasteiger partial charge in [-0.2, -0.15) is 0 Å². The van der Waals surface area contributed by atoms with Crippen LogP contribution in [0.25, 0.3) is 231 Å². The topological polar surface area (TPSA) is 113 Å². The quantitative estimate of drug-likeness (QED) is 0.106. The Kier molecular flexibility index (Phi) is 18.4. The van der Waals surface area contributed by atoms with Gasteiger partial charge in [0.05, 0.1) is 33.5 Å². The van der Waals surface area contributed by atoms with E-state index in [0.29, 0.717) is 34.9 Å². The summed E-state index contributed by atoms with van der Waals surface area (Å²) in [5, 5.41) is 9.77. The molecule has 0 aliphatic rings. The zero-order valence-corrected chi connectivity index (χ0v) is 68.3. The van der Waals surface area contributed by atoms with Crippen molar-refractivity contribution < 1.29 is 0 Å². The number of fused-ring (bicyclic) bond motifs is 14. The van der Waals surface area contributed by atoms with Gasteiger partial charge in [0, 0.05) is 141 Å². The lowest BCUT2D eigenvalue weighted by Gasteiger charge is -2.16. The molecule has 0 aliphatic heterocycles. The van der Waals surface area contributed by atoms with Crippen molar-refractivity contribution in [1.82, 2.24) is 49.0 Å². The number of hydrogen-bond acceptors (Lipinski definition) is 10. The van der Waals surface area contributed by atoms with E-state index in [1.165, 1.54) is 78.4 Å². The van der Waals surface area contributed by atoms with E-state index in [0.717, 1.165) is 117 Å². The highest BCUT2D eigenvalue weighted by Crippen LogP contribution is 2.51. The minimum atomic E-state index is 0.557. The molecule has 0 saturated heterocycles. The van der Waals surface area contributed by atoms with Gasteiger partial charge in [-0.25, -0.2) is 29.9 Å². The van der Waals surface area contributed by atoms with Crippen molar-refractivity contribution in [1.29, 1.82) is 0 Å². The van der Waals surface area contributed by atoms with E-state index >= 15 is 0 Å². The van der Waals surface area contributed by atoms with Gasteiger partial charge >= 0.3 is 0 Å². The molecule has 0 N–H and O–H groups in total. The number of benzene rings is 16. The van der Waals surface area contributed by atoms with Gasteiger partial charge in [-0.1, -0.05) is 322 Å².